The Morgan fingerprint density at radius 1 is 1.25 bits per heavy atom. The first-order valence-electron chi connectivity index (χ1n) is 6.59. The van der Waals surface area contributed by atoms with E-state index in [2.05, 4.69) is 9.88 Å². The van der Waals surface area contributed by atoms with Crippen LogP contribution in [0.2, 0.25) is 0 Å². The van der Waals surface area contributed by atoms with Gasteiger partial charge < -0.3 is 10.3 Å². The molecule has 1 aromatic carbocycles. The molecule has 0 radical (unpaired) electrons. The highest BCUT2D eigenvalue weighted by atomic mass is 16.2. The molecule has 0 spiro atoms. The van der Waals surface area contributed by atoms with Crippen molar-refractivity contribution in [1.29, 1.82) is 0 Å². The Morgan fingerprint density at radius 3 is 2.85 bits per heavy atom. The number of anilines is 1. The van der Waals surface area contributed by atoms with Crippen LogP contribution >= 0.6 is 0 Å². The summed E-state index contributed by atoms with van der Waals surface area (Å²) >= 11 is 0. The standard InChI is InChI=1S/C14H16N4O2/c15-5-8-17-6-3-10-1-2-11(9-12(10)17)18-7-4-13(19)16-14(18)20/h1-3,6,9H,4-5,7-8,15H2,(H,16,19,20). The van der Waals surface area contributed by atoms with Gasteiger partial charge in [0.1, 0.15) is 0 Å². The predicted octanol–water partition coefficient (Wildman–Crippen LogP) is 1.05. The van der Waals surface area contributed by atoms with E-state index in [0.29, 0.717) is 19.5 Å². The van der Waals surface area contributed by atoms with Gasteiger partial charge >= 0.3 is 6.03 Å². The van der Waals surface area contributed by atoms with Crippen LogP contribution in [0.15, 0.2) is 30.5 Å². The van der Waals surface area contributed by atoms with E-state index in [1.807, 2.05) is 30.5 Å². The normalized spacial score (nSPS) is 15.8. The van der Waals surface area contributed by atoms with Crippen LogP contribution in [0.4, 0.5) is 10.5 Å². The largest absolute Gasteiger partial charge is 0.346 e. The van der Waals surface area contributed by atoms with Crippen LogP contribution in [-0.4, -0.2) is 29.6 Å². The van der Waals surface area contributed by atoms with Crippen LogP contribution in [-0.2, 0) is 11.3 Å². The number of nitrogens with two attached hydrogens (primary N) is 1. The van der Waals surface area contributed by atoms with Crippen molar-refractivity contribution in [2.24, 2.45) is 5.73 Å². The SMILES string of the molecule is NCCn1ccc2ccc(N3CCC(=O)NC3=O)cc21. The summed E-state index contributed by atoms with van der Waals surface area (Å²) in [5.74, 6) is -0.223. The smallest absolute Gasteiger partial charge is 0.328 e. The van der Waals surface area contributed by atoms with E-state index in [1.54, 1.807) is 4.90 Å². The zero-order valence-corrected chi connectivity index (χ0v) is 11.0. The Bertz CT molecular complexity index is 677. The molecule has 0 unspecified atom stereocenters. The van der Waals surface area contributed by atoms with Crippen molar-refractivity contribution < 1.29 is 9.59 Å². The lowest BCUT2D eigenvalue weighted by atomic mass is 10.2. The number of benzene rings is 1. The number of urea groups is 1. The van der Waals surface area contributed by atoms with Crippen LogP contribution in [0.3, 0.4) is 0 Å². The van der Waals surface area contributed by atoms with E-state index in [1.165, 1.54) is 0 Å². The van der Waals surface area contributed by atoms with Crippen molar-refractivity contribution in [3.05, 3.63) is 30.5 Å². The van der Waals surface area contributed by atoms with Gasteiger partial charge in [-0.1, -0.05) is 6.07 Å². The number of carbonyl (C=O) groups is 2. The second kappa shape index (κ2) is 4.97. The number of rotatable bonds is 3. The number of fused-ring (bicyclic) bond motifs is 1. The number of nitrogens with one attached hydrogen (secondary N) is 1. The van der Waals surface area contributed by atoms with Crippen LogP contribution in [0.5, 0.6) is 0 Å². The molecule has 1 aromatic heterocycles. The molecule has 1 aliphatic rings. The van der Waals surface area contributed by atoms with E-state index in [4.69, 9.17) is 5.73 Å². The number of nitrogens with zero attached hydrogens (tertiary/aromatic N) is 2. The van der Waals surface area contributed by atoms with Gasteiger partial charge in [-0.15, -0.1) is 0 Å². The number of carbonyl (C=O) groups excluding carboxylic acids is 2. The van der Waals surface area contributed by atoms with Gasteiger partial charge in [-0.2, -0.15) is 0 Å². The van der Waals surface area contributed by atoms with Gasteiger partial charge in [-0.05, 0) is 23.6 Å². The van der Waals surface area contributed by atoms with E-state index in [9.17, 15) is 9.59 Å². The van der Waals surface area contributed by atoms with Crippen molar-refractivity contribution in [3.8, 4) is 0 Å². The van der Waals surface area contributed by atoms with Crippen molar-refractivity contribution in [2.45, 2.75) is 13.0 Å². The topological polar surface area (TPSA) is 80.4 Å². The molecule has 6 nitrogen and oxygen atoms in total. The summed E-state index contributed by atoms with van der Waals surface area (Å²) in [5, 5.41) is 3.44. The molecular formula is C14H16N4O2. The van der Waals surface area contributed by atoms with Crippen LogP contribution < -0.4 is 16.0 Å². The maximum absolute atomic E-state index is 11.9. The van der Waals surface area contributed by atoms with Crippen LogP contribution in [0.1, 0.15) is 6.42 Å². The number of hydrogen-bond acceptors (Lipinski definition) is 3. The molecule has 104 valence electrons. The molecule has 6 heteroatoms. The summed E-state index contributed by atoms with van der Waals surface area (Å²) in [6.45, 7) is 1.71. The Balaban J connectivity index is 1.97. The summed E-state index contributed by atoms with van der Waals surface area (Å²) in [4.78, 5) is 24.6. The van der Waals surface area contributed by atoms with E-state index < -0.39 is 0 Å². The molecule has 2 aromatic rings. The molecule has 0 bridgehead atoms. The zero-order chi connectivity index (χ0) is 14.1. The molecule has 2 heterocycles. The second-order valence-corrected chi connectivity index (χ2v) is 4.80. The van der Waals surface area contributed by atoms with E-state index in [0.717, 1.165) is 23.1 Å². The predicted molar refractivity (Wildman–Crippen MR) is 76.5 cm³/mol. The highest BCUT2D eigenvalue weighted by molar-refractivity contribution is 6.06. The lowest BCUT2D eigenvalue weighted by Crippen LogP contribution is -2.49. The average Bonchev–Trinajstić information content (AvgIpc) is 2.82. The van der Waals surface area contributed by atoms with Crippen molar-refractivity contribution in [1.82, 2.24) is 9.88 Å². The van der Waals surface area contributed by atoms with E-state index in [-0.39, 0.29) is 11.9 Å². The third-order valence-corrected chi connectivity index (χ3v) is 3.49. The molecule has 3 N–H and O–H groups in total. The van der Waals surface area contributed by atoms with Gasteiger partial charge in [-0.3, -0.25) is 15.0 Å². The van der Waals surface area contributed by atoms with Crippen molar-refractivity contribution >= 4 is 28.5 Å². The molecular weight excluding hydrogens is 256 g/mol. The Labute approximate surface area is 116 Å². The fourth-order valence-corrected chi connectivity index (χ4v) is 2.48. The third kappa shape index (κ3) is 2.14. The second-order valence-electron chi connectivity index (χ2n) is 4.80. The summed E-state index contributed by atoms with van der Waals surface area (Å²) in [6.07, 6.45) is 2.31. The van der Waals surface area contributed by atoms with Gasteiger partial charge in [0.2, 0.25) is 5.91 Å². The Kier molecular flexibility index (Phi) is 3.15. The van der Waals surface area contributed by atoms with Gasteiger partial charge in [0.05, 0.1) is 5.52 Å². The monoisotopic (exact) mass is 272 g/mol. The Hall–Kier alpha value is -2.34. The van der Waals surface area contributed by atoms with Crippen molar-refractivity contribution in [2.75, 3.05) is 18.0 Å². The summed E-state index contributed by atoms with van der Waals surface area (Å²) < 4.78 is 2.06. The summed E-state index contributed by atoms with van der Waals surface area (Å²) in [5.41, 5.74) is 7.43. The molecule has 3 amide bonds. The third-order valence-electron chi connectivity index (χ3n) is 3.49. The van der Waals surface area contributed by atoms with Crippen LogP contribution in [0.25, 0.3) is 10.9 Å². The van der Waals surface area contributed by atoms with Gasteiger partial charge in [0, 0.05) is 37.9 Å². The first-order valence-corrected chi connectivity index (χ1v) is 6.59. The fraction of sp³-hybridized carbons (Fsp3) is 0.286. The van der Waals surface area contributed by atoms with Gasteiger partial charge in [-0.25, -0.2) is 4.79 Å². The molecule has 20 heavy (non-hydrogen) atoms. The lowest BCUT2D eigenvalue weighted by Gasteiger charge is -2.26. The first kappa shape index (κ1) is 12.7. The van der Waals surface area contributed by atoms with Gasteiger partial charge in [0.25, 0.3) is 0 Å². The zero-order valence-electron chi connectivity index (χ0n) is 11.0. The highest BCUT2D eigenvalue weighted by Crippen LogP contribution is 2.24. The first-order chi connectivity index (χ1) is 9.69. The van der Waals surface area contributed by atoms with E-state index >= 15 is 0 Å². The minimum Gasteiger partial charge on any atom is -0.346 e. The molecule has 0 saturated carbocycles. The number of hydrogen-bond donors (Lipinski definition) is 2. The molecule has 1 aliphatic heterocycles. The fourth-order valence-electron chi connectivity index (χ4n) is 2.48. The Morgan fingerprint density at radius 2 is 2.10 bits per heavy atom. The number of amides is 3. The minimum atomic E-state index is -0.363. The number of aromatic nitrogens is 1. The minimum absolute atomic E-state index is 0.223. The molecule has 0 atom stereocenters. The maximum Gasteiger partial charge on any atom is 0.328 e. The maximum atomic E-state index is 11.9. The summed E-state index contributed by atoms with van der Waals surface area (Å²) in [7, 11) is 0. The quantitative estimate of drug-likeness (QED) is 0.876. The molecule has 1 fully saturated rings. The van der Waals surface area contributed by atoms with Crippen LogP contribution in [0, 0.1) is 0 Å². The number of imide groups is 1. The highest BCUT2D eigenvalue weighted by Gasteiger charge is 2.24. The van der Waals surface area contributed by atoms with Gasteiger partial charge in [0.15, 0.2) is 0 Å². The molecule has 3 rings (SSSR count). The average molecular weight is 272 g/mol. The molecule has 1 saturated heterocycles. The lowest BCUT2D eigenvalue weighted by molar-refractivity contribution is -0.120. The molecule has 0 aliphatic carbocycles. The van der Waals surface area contributed by atoms with Crippen molar-refractivity contribution in [3.63, 3.8) is 0 Å². The summed E-state index contributed by atoms with van der Waals surface area (Å²) in [6, 6.07) is 7.48.